The van der Waals surface area contributed by atoms with E-state index in [9.17, 15) is 4.79 Å². The van der Waals surface area contributed by atoms with Crippen molar-refractivity contribution < 1.29 is 9.53 Å². The fraction of sp³-hybridized carbons (Fsp3) is 0.308. The quantitative estimate of drug-likeness (QED) is 0.812. The van der Waals surface area contributed by atoms with Crippen molar-refractivity contribution in [2.75, 3.05) is 18.9 Å². The number of nitrogens with two attached hydrogens (primary N) is 1. The fourth-order valence-electron chi connectivity index (χ4n) is 2.12. The number of fused-ring (bicyclic) bond motifs is 1. The first-order valence-electron chi connectivity index (χ1n) is 6.36. The summed E-state index contributed by atoms with van der Waals surface area (Å²) >= 11 is 0. The van der Waals surface area contributed by atoms with Crippen LogP contribution < -0.4 is 10.5 Å². The molecule has 0 unspecified atom stereocenters. The molecule has 0 fully saturated rings. The molecule has 1 aromatic heterocycles. The number of aromatic nitrogens is 3. The Balaban J connectivity index is 1.59. The Morgan fingerprint density at radius 1 is 1.35 bits per heavy atom. The molecule has 3 rings (SSSR count). The highest BCUT2D eigenvalue weighted by molar-refractivity contribution is 5.78. The normalized spacial score (nSPS) is 13.9. The first-order valence-corrected chi connectivity index (χ1v) is 6.36. The first kappa shape index (κ1) is 12.5. The summed E-state index contributed by atoms with van der Waals surface area (Å²) < 4.78 is 7.41. The smallest absolute Gasteiger partial charge is 0.260 e. The van der Waals surface area contributed by atoms with E-state index in [4.69, 9.17) is 10.5 Å². The summed E-state index contributed by atoms with van der Waals surface area (Å²) in [6, 6.07) is 7.12. The molecule has 0 bridgehead atoms. The monoisotopic (exact) mass is 273 g/mol. The largest absolute Gasteiger partial charge is 0.482 e. The number of ether oxygens (including phenoxy) is 1. The van der Waals surface area contributed by atoms with Crippen molar-refractivity contribution in [3.8, 4) is 5.75 Å². The van der Waals surface area contributed by atoms with Gasteiger partial charge in [0.15, 0.2) is 12.4 Å². The molecular weight excluding hydrogens is 258 g/mol. The van der Waals surface area contributed by atoms with Gasteiger partial charge in [0.25, 0.3) is 5.91 Å². The molecule has 0 atom stereocenters. The van der Waals surface area contributed by atoms with Crippen molar-refractivity contribution in [3.05, 3.63) is 36.4 Å². The summed E-state index contributed by atoms with van der Waals surface area (Å²) in [5.41, 5.74) is 6.29. The Labute approximate surface area is 116 Å². The van der Waals surface area contributed by atoms with Gasteiger partial charge in [-0.25, -0.2) is 0 Å². The van der Waals surface area contributed by atoms with E-state index < -0.39 is 0 Å². The molecule has 7 heteroatoms. The first-order chi connectivity index (χ1) is 9.74. The summed E-state index contributed by atoms with van der Waals surface area (Å²) in [7, 11) is 0. The zero-order valence-corrected chi connectivity index (χ0v) is 10.9. The van der Waals surface area contributed by atoms with Gasteiger partial charge in [-0.2, -0.15) is 0 Å². The number of anilines is 1. The van der Waals surface area contributed by atoms with Gasteiger partial charge in [-0.15, -0.1) is 10.2 Å². The SMILES string of the molecule is Nc1ccccc1OCC(=O)N1CCn2cnnc2C1. The van der Waals surface area contributed by atoms with E-state index in [1.807, 2.05) is 16.7 Å². The molecule has 104 valence electrons. The lowest BCUT2D eigenvalue weighted by molar-refractivity contribution is -0.134. The highest BCUT2D eigenvalue weighted by Crippen LogP contribution is 2.20. The Bertz CT molecular complexity index is 625. The highest BCUT2D eigenvalue weighted by atomic mass is 16.5. The zero-order chi connectivity index (χ0) is 13.9. The standard InChI is InChI=1S/C13H15N5O2/c14-10-3-1-2-4-11(10)20-8-13(19)17-5-6-18-9-15-16-12(18)7-17/h1-4,9H,5-8,14H2. The third-order valence-electron chi connectivity index (χ3n) is 3.26. The van der Waals surface area contributed by atoms with Gasteiger partial charge in [-0.1, -0.05) is 12.1 Å². The predicted octanol–water partition coefficient (Wildman–Crippen LogP) is 0.281. The lowest BCUT2D eigenvalue weighted by atomic mass is 10.3. The van der Waals surface area contributed by atoms with Crippen molar-refractivity contribution in [2.24, 2.45) is 0 Å². The average Bonchev–Trinajstić information content (AvgIpc) is 2.93. The summed E-state index contributed by atoms with van der Waals surface area (Å²) in [5.74, 6) is 1.24. The highest BCUT2D eigenvalue weighted by Gasteiger charge is 2.22. The second kappa shape index (κ2) is 5.20. The van der Waals surface area contributed by atoms with Gasteiger partial charge in [-0.3, -0.25) is 4.79 Å². The summed E-state index contributed by atoms with van der Waals surface area (Å²) in [4.78, 5) is 13.8. The van der Waals surface area contributed by atoms with E-state index in [2.05, 4.69) is 10.2 Å². The number of carbonyl (C=O) groups is 1. The Kier molecular flexibility index (Phi) is 3.24. The van der Waals surface area contributed by atoms with Crippen molar-refractivity contribution in [1.82, 2.24) is 19.7 Å². The molecule has 0 spiro atoms. The van der Waals surface area contributed by atoms with Gasteiger partial charge in [-0.05, 0) is 12.1 Å². The van der Waals surface area contributed by atoms with Gasteiger partial charge < -0.3 is 19.9 Å². The minimum atomic E-state index is -0.0810. The Morgan fingerprint density at radius 3 is 3.05 bits per heavy atom. The number of carbonyl (C=O) groups excluding carboxylic acids is 1. The number of benzene rings is 1. The van der Waals surface area contributed by atoms with Crippen LogP contribution >= 0.6 is 0 Å². The van der Waals surface area contributed by atoms with E-state index in [0.717, 1.165) is 5.82 Å². The number of para-hydroxylation sites is 2. The van der Waals surface area contributed by atoms with Crippen molar-refractivity contribution in [2.45, 2.75) is 13.1 Å². The lowest BCUT2D eigenvalue weighted by Gasteiger charge is -2.27. The van der Waals surface area contributed by atoms with Crippen LogP contribution in [0.25, 0.3) is 0 Å². The zero-order valence-electron chi connectivity index (χ0n) is 10.9. The second-order valence-corrected chi connectivity index (χ2v) is 4.58. The van der Waals surface area contributed by atoms with Crippen LogP contribution in [0, 0.1) is 0 Å². The number of hydrogen-bond donors (Lipinski definition) is 1. The Morgan fingerprint density at radius 2 is 2.20 bits per heavy atom. The van der Waals surface area contributed by atoms with Crippen LogP contribution in [0.2, 0.25) is 0 Å². The molecule has 2 aromatic rings. The summed E-state index contributed by atoms with van der Waals surface area (Å²) in [5, 5.41) is 7.81. The lowest BCUT2D eigenvalue weighted by Crippen LogP contribution is -2.40. The van der Waals surface area contributed by atoms with Gasteiger partial charge in [0.2, 0.25) is 0 Å². The number of nitrogens with zero attached hydrogens (tertiary/aromatic N) is 4. The van der Waals surface area contributed by atoms with Gasteiger partial charge in [0.1, 0.15) is 12.1 Å². The van der Waals surface area contributed by atoms with Gasteiger partial charge in [0, 0.05) is 13.1 Å². The third-order valence-corrected chi connectivity index (χ3v) is 3.26. The van der Waals surface area contributed by atoms with E-state index in [1.165, 1.54) is 0 Å². The average molecular weight is 273 g/mol. The molecule has 20 heavy (non-hydrogen) atoms. The van der Waals surface area contributed by atoms with Crippen LogP contribution in [-0.2, 0) is 17.9 Å². The maximum absolute atomic E-state index is 12.1. The number of amides is 1. The summed E-state index contributed by atoms with van der Waals surface area (Å²) in [6.45, 7) is 1.79. The topological polar surface area (TPSA) is 86.3 Å². The molecule has 0 radical (unpaired) electrons. The number of rotatable bonds is 3. The van der Waals surface area contributed by atoms with Crippen LogP contribution in [0.4, 0.5) is 5.69 Å². The van der Waals surface area contributed by atoms with Crippen LogP contribution in [-0.4, -0.2) is 38.7 Å². The minimum Gasteiger partial charge on any atom is -0.482 e. The molecule has 0 saturated heterocycles. The van der Waals surface area contributed by atoms with Gasteiger partial charge in [0.05, 0.1) is 12.2 Å². The van der Waals surface area contributed by atoms with Crippen LogP contribution in [0.1, 0.15) is 5.82 Å². The molecular formula is C13H15N5O2. The second-order valence-electron chi connectivity index (χ2n) is 4.58. The van der Waals surface area contributed by atoms with Crippen LogP contribution in [0.15, 0.2) is 30.6 Å². The molecule has 0 aliphatic carbocycles. The van der Waals surface area contributed by atoms with Crippen molar-refractivity contribution in [3.63, 3.8) is 0 Å². The molecule has 2 heterocycles. The van der Waals surface area contributed by atoms with Gasteiger partial charge >= 0.3 is 0 Å². The molecule has 2 N–H and O–H groups in total. The molecule has 1 aliphatic rings. The maximum Gasteiger partial charge on any atom is 0.260 e. The molecule has 0 saturated carbocycles. The van der Waals surface area contributed by atoms with E-state index in [1.54, 1.807) is 23.4 Å². The molecule has 7 nitrogen and oxygen atoms in total. The fourth-order valence-corrected chi connectivity index (χ4v) is 2.12. The summed E-state index contributed by atoms with van der Waals surface area (Å²) in [6.07, 6.45) is 1.68. The maximum atomic E-state index is 12.1. The van der Waals surface area contributed by atoms with E-state index >= 15 is 0 Å². The van der Waals surface area contributed by atoms with E-state index in [0.29, 0.717) is 31.1 Å². The predicted molar refractivity (Wildman–Crippen MR) is 71.8 cm³/mol. The van der Waals surface area contributed by atoms with Crippen LogP contribution in [0.3, 0.4) is 0 Å². The van der Waals surface area contributed by atoms with E-state index in [-0.39, 0.29) is 12.5 Å². The number of nitrogen functional groups attached to an aromatic ring is 1. The Hall–Kier alpha value is -2.57. The molecule has 1 aromatic carbocycles. The van der Waals surface area contributed by atoms with Crippen molar-refractivity contribution in [1.29, 1.82) is 0 Å². The molecule has 1 aliphatic heterocycles. The van der Waals surface area contributed by atoms with Crippen LogP contribution in [0.5, 0.6) is 5.75 Å². The molecule has 1 amide bonds. The minimum absolute atomic E-state index is 0.0254. The number of hydrogen-bond acceptors (Lipinski definition) is 5. The van der Waals surface area contributed by atoms with Crippen molar-refractivity contribution >= 4 is 11.6 Å². The third kappa shape index (κ3) is 2.42.